The smallest absolute Gasteiger partial charge is 0.174 e. The molecule has 0 fully saturated rings. The molecule has 6 heteroatoms. The van der Waals surface area contributed by atoms with E-state index in [-0.39, 0.29) is 10.6 Å². The number of aromatic nitrogens is 2. The molecule has 0 bridgehead atoms. The van der Waals surface area contributed by atoms with Crippen LogP contribution in [-0.2, 0) is 7.05 Å². The summed E-state index contributed by atoms with van der Waals surface area (Å²) in [5.74, 6) is -1.82. The Morgan fingerprint density at radius 3 is 2.75 bits per heavy atom. The molecule has 2 rings (SSSR count). The first-order chi connectivity index (χ1) is 7.58. The van der Waals surface area contributed by atoms with Crippen molar-refractivity contribution in [3.63, 3.8) is 0 Å². The van der Waals surface area contributed by atoms with Gasteiger partial charge < -0.3 is 5.73 Å². The van der Waals surface area contributed by atoms with Gasteiger partial charge in [0.25, 0.3) is 0 Å². The summed E-state index contributed by atoms with van der Waals surface area (Å²) in [6, 6.07) is 2.36. The van der Waals surface area contributed by atoms with Gasteiger partial charge in [0.1, 0.15) is 0 Å². The molecule has 0 saturated carbocycles. The average Bonchev–Trinajstić information content (AvgIpc) is 2.65. The number of rotatable bonds is 2. The van der Waals surface area contributed by atoms with Crippen LogP contribution in [0.2, 0.25) is 0 Å². The summed E-state index contributed by atoms with van der Waals surface area (Å²) in [4.78, 5) is 0.798. The van der Waals surface area contributed by atoms with Crippen LogP contribution in [0.1, 0.15) is 0 Å². The monoisotopic (exact) mass is 241 g/mol. The fraction of sp³-hybridized carbons (Fsp3) is 0.100. The molecular weight excluding hydrogens is 232 g/mol. The first kappa shape index (κ1) is 10.9. The van der Waals surface area contributed by atoms with Crippen molar-refractivity contribution < 1.29 is 8.78 Å². The van der Waals surface area contributed by atoms with Crippen LogP contribution in [0, 0.1) is 11.6 Å². The van der Waals surface area contributed by atoms with Gasteiger partial charge in [0.2, 0.25) is 0 Å². The van der Waals surface area contributed by atoms with Gasteiger partial charge in [0, 0.05) is 18.9 Å². The highest BCUT2D eigenvalue weighted by molar-refractivity contribution is 7.99. The summed E-state index contributed by atoms with van der Waals surface area (Å²) in [6.45, 7) is 0. The highest BCUT2D eigenvalue weighted by Crippen LogP contribution is 2.34. The van der Waals surface area contributed by atoms with E-state index in [0.29, 0.717) is 4.90 Å². The van der Waals surface area contributed by atoms with Crippen LogP contribution >= 0.6 is 11.8 Å². The maximum absolute atomic E-state index is 13.5. The molecule has 0 unspecified atom stereocenters. The second-order valence-electron chi connectivity index (χ2n) is 3.23. The van der Waals surface area contributed by atoms with Gasteiger partial charge in [-0.05, 0) is 12.1 Å². The van der Waals surface area contributed by atoms with Crippen molar-refractivity contribution in [2.45, 2.75) is 9.79 Å². The third-order valence-electron chi connectivity index (χ3n) is 1.98. The van der Waals surface area contributed by atoms with E-state index in [1.54, 1.807) is 24.1 Å². The Bertz CT molecular complexity index is 525. The number of nitrogen functional groups attached to an aromatic ring is 1. The number of nitrogens with zero attached hydrogens (tertiary/aromatic N) is 2. The van der Waals surface area contributed by atoms with Crippen LogP contribution in [-0.4, -0.2) is 9.78 Å². The third kappa shape index (κ3) is 2.01. The van der Waals surface area contributed by atoms with E-state index in [9.17, 15) is 8.78 Å². The molecule has 3 nitrogen and oxygen atoms in total. The topological polar surface area (TPSA) is 43.8 Å². The molecule has 0 aliphatic heterocycles. The van der Waals surface area contributed by atoms with E-state index in [4.69, 9.17) is 5.73 Å². The first-order valence-electron chi connectivity index (χ1n) is 4.48. The number of hydrogen-bond donors (Lipinski definition) is 1. The third-order valence-corrected chi connectivity index (χ3v) is 3.05. The maximum atomic E-state index is 13.5. The van der Waals surface area contributed by atoms with Gasteiger partial charge in [-0.2, -0.15) is 5.10 Å². The molecule has 16 heavy (non-hydrogen) atoms. The van der Waals surface area contributed by atoms with E-state index < -0.39 is 11.6 Å². The van der Waals surface area contributed by atoms with Gasteiger partial charge in [-0.3, -0.25) is 4.68 Å². The van der Waals surface area contributed by atoms with Crippen LogP contribution < -0.4 is 5.73 Å². The normalized spacial score (nSPS) is 10.7. The lowest BCUT2D eigenvalue weighted by Crippen LogP contribution is -1.95. The first-order valence-corrected chi connectivity index (χ1v) is 5.29. The van der Waals surface area contributed by atoms with Gasteiger partial charge >= 0.3 is 0 Å². The van der Waals surface area contributed by atoms with Crippen molar-refractivity contribution in [1.82, 2.24) is 9.78 Å². The van der Waals surface area contributed by atoms with Crippen molar-refractivity contribution >= 4 is 17.4 Å². The lowest BCUT2D eigenvalue weighted by Gasteiger charge is -2.05. The molecular formula is C10H9F2N3S. The number of anilines is 1. The van der Waals surface area contributed by atoms with Crippen LogP contribution in [0.25, 0.3) is 0 Å². The number of nitrogens with two attached hydrogens (primary N) is 1. The molecule has 84 valence electrons. The lowest BCUT2D eigenvalue weighted by molar-refractivity contribution is 0.492. The van der Waals surface area contributed by atoms with E-state index in [0.717, 1.165) is 17.8 Å². The minimum atomic E-state index is -0.922. The summed E-state index contributed by atoms with van der Waals surface area (Å²) in [7, 11) is 1.75. The molecule has 0 saturated heterocycles. The van der Waals surface area contributed by atoms with Crippen molar-refractivity contribution in [2.75, 3.05) is 5.73 Å². The Morgan fingerprint density at radius 2 is 2.12 bits per heavy atom. The van der Waals surface area contributed by atoms with Crippen LogP contribution in [0.15, 0.2) is 34.3 Å². The molecule has 0 aliphatic carbocycles. The van der Waals surface area contributed by atoms with E-state index in [1.807, 2.05) is 0 Å². The fourth-order valence-corrected chi connectivity index (χ4v) is 2.13. The minimum Gasteiger partial charge on any atom is -0.398 e. The van der Waals surface area contributed by atoms with Crippen molar-refractivity contribution in [2.24, 2.45) is 7.05 Å². The second kappa shape index (κ2) is 4.13. The van der Waals surface area contributed by atoms with Gasteiger partial charge in [-0.15, -0.1) is 0 Å². The summed E-state index contributed by atoms with van der Waals surface area (Å²) in [5, 5.41) is 3.93. The molecule has 1 aromatic heterocycles. The van der Waals surface area contributed by atoms with Gasteiger partial charge in [0.15, 0.2) is 11.6 Å². The summed E-state index contributed by atoms with van der Waals surface area (Å²) in [6.07, 6.45) is 3.27. The molecule has 1 heterocycles. The minimum absolute atomic E-state index is 0.0907. The number of aryl methyl sites for hydroxylation is 1. The Labute approximate surface area is 95.3 Å². The Morgan fingerprint density at radius 1 is 1.38 bits per heavy atom. The SMILES string of the molecule is Cn1cc(Sc2c(N)ccc(F)c2F)cn1. The molecule has 0 atom stereocenters. The van der Waals surface area contributed by atoms with E-state index >= 15 is 0 Å². The quantitative estimate of drug-likeness (QED) is 0.821. The van der Waals surface area contributed by atoms with Crippen molar-refractivity contribution in [3.8, 4) is 0 Å². The Balaban J connectivity index is 2.37. The molecule has 0 amide bonds. The van der Waals surface area contributed by atoms with Crippen LogP contribution in [0.3, 0.4) is 0 Å². The van der Waals surface area contributed by atoms with Gasteiger partial charge in [-0.1, -0.05) is 11.8 Å². The Hall–Kier alpha value is -1.56. The number of hydrogen-bond acceptors (Lipinski definition) is 3. The summed E-state index contributed by atoms with van der Waals surface area (Å²) < 4.78 is 28.0. The largest absolute Gasteiger partial charge is 0.398 e. The second-order valence-corrected chi connectivity index (χ2v) is 4.32. The molecule has 1 aromatic carbocycles. The van der Waals surface area contributed by atoms with Crippen LogP contribution in [0.4, 0.5) is 14.5 Å². The summed E-state index contributed by atoms with van der Waals surface area (Å²) in [5.41, 5.74) is 5.81. The standard InChI is InChI=1S/C10H9F2N3S/c1-15-5-6(4-14-15)16-10-8(13)3-2-7(11)9(10)12/h2-5H,13H2,1H3. The number of benzene rings is 1. The van der Waals surface area contributed by atoms with E-state index in [2.05, 4.69) is 5.10 Å². The average molecular weight is 241 g/mol. The molecule has 0 radical (unpaired) electrons. The molecule has 0 spiro atoms. The van der Waals surface area contributed by atoms with Crippen molar-refractivity contribution in [3.05, 3.63) is 36.2 Å². The number of halogens is 2. The maximum Gasteiger partial charge on any atom is 0.174 e. The summed E-state index contributed by atoms with van der Waals surface area (Å²) >= 11 is 1.05. The lowest BCUT2D eigenvalue weighted by atomic mass is 10.3. The van der Waals surface area contributed by atoms with E-state index in [1.165, 1.54) is 6.07 Å². The van der Waals surface area contributed by atoms with Gasteiger partial charge in [-0.25, -0.2) is 8.78 Å². The predicted octanol–water partition coefficient (Wildman–Crippen LogP) is 2.43. The molecule has 2 aromatic rings. The highest BCUT2D eigenvalue weighted by Gasteiger charge is 2.13. The molecule has 0 aliphatic rings. The molecule has 2 N–H and O–H groups in total. The zero-order valence-electron chi connectivity index (χ0n) is 8.45. The van der Waals surface area contributed by atoms with Gasteiger partial charge in [0.05, 0.1) is 16.0 Å². The highest BCUT2D eigenvalue weighted by atomic mass is 32.2. The zero-order valence-corrected chi connectivity index (χ0v) is 9.26. The predicted molar refractivity (Wildman–Crippen MR) is 58.1 cm³/mol. The van der Waals surface area contributed by atoms with Crippen LogP contribution in [0.5, 0.6) is 0 Å². The van der Waals surface area contributed by atoms with Crippen molar-refractivity contribution in [1.29, 1.82) is 0 Å². The zero-order chi connectivity index (χ0) is 11.7. The fourth-order valence-electron chi connectivity index (χ4n) is 1.22. The Kier molecular flexibility index (Phi) is 2.82.